The third-order valence-electron chi connectivity index (χ3n) is 2.68. The van der Waals surface area contributed by atoms with E-state index in [1.807, 2.05) is 6.20 Å². The zero-order valence-corrected chi connectivity index (χ0v) is 8.90. The van der Waals surface area contributed by atoms with E-state index in [0.29, 0.717) is 11.9 Å². The predicted octanol–water partition coefficient (Wildman–Crippen LogP) is 1.65. The Morgan fingerprint density at radius 1 is 1.36 bits per heavy atom. The largest absolute Gasteiger partial charge is 0.382 e. The Morgan fingerprint density at radius 2 is 2.00 bits per heavy atom. The van der Waals surface area contributed by atoms with Gasteiger partial charge in [0.15, 0.2) is 0 Å². The average molecular weight is 194 g/mol. The molecule has 4 nitrogen and oxygen atoms in total. The van der Waals surface area contributed by atoms with Gasteiger partial charge in [-0.3, -0.25) is 0 Å². The van der Waals surface area contributed by atoms with Crippen molar-refractivity contribution in [2.24, 2.45) is 0 Å². The predicted molar refractivity (Wildman–Crippen MR) is 58.5 cm³/mol. The molecule has 78 valence electrons. The fourth-order valence-electron chi connectivity index (χ4n) is 1.93. The van der Waals surface area contributed by atoms with Gasteiger partial charge in [0, 0.05) is 25.3 Å². The van der Waals surface area contributed by atoms with E-state index < -0.39 is 0 Å². The van der Waals surface area contributed by atoms with Crippen LogP contribution in [0.4, 0.5) is 11.8 Å². The van der Waals surface area contributed by atoms with Crippen molar-refractivity contribution in [2.45, 2.75) is 32.7 Å². The fourth-order valence-corrected chi connectivity index (χ4v) is 1.93. The highest BCUT2D eigenvalue weighted by atomic mass is 15.3. The fraction of sp³-hybridized carbons (Fsp3) is 0.700. The zero-order chi connectivity index (χ0) is 10.1. The Hall–Kier alpha value is -1.19. The van der Waals surface area contributed by atoms with Gasteiger partial charge in [0.2, 0.25) is 5.95 Å². The third-order valence-corrected chi connectivity index (χ3v) is 2.68. The highest BCUT2D eigenvalue weighted by Crippen LogP contribution is 2.23. The Bertz CT molecular complexity index is 310. The lowest BCUT2D eigenvalue weighted by Crippen LogP contribution is -2.22. The van der Waals surface area contributed by atoms with Crippen LogP contribution >= 0.6 is 0 Å². The van der Waals surface area contributed by atoms with Crippen molar-refractivity contribution in [1.82, 2.24) is 9.55 Å². The van der Waals surface area contributed by atoms with Gasteiger partial charge in [-0.05, 0) is 26.7 Å². The van der Waals surface area contributed by atoms with Crippen LogP contribution in [-0.2, 0) is 0 Å². The minimum Gasteiger partial charge on any atom is -0.382 e. The van der Waals surface area contributed by atoms with Crippen LogP contribution in [0.25, 0.3) is 0 Å². The number of rotatable bonds is 2. The lowest BCUT2D eigenvalue weighted by Gasteiger charge is -2.19. The number of aromatic nitrogens is 2. The van der Waals surface area contributed by atoms with E-state index in [4.69, 9.17) is 5.73 Å². The normalized spacial score (nSPS) is 16.9. The summed E-state index contributed by atoms with van der Waals surface area (Å²) in [5, 5.41) is 0. The van der Waals surface area contributed by atoms with E-state index >= 15 is 0 Å². The highest BCUT2D eigenvalue weighted by molar-refractivity contribution is 5.42. The molecule has 0 unspecified atom stereocenters. The van der Waals surface area contributed by atoms with Crippen molar-refractivity contribution < 1.29 is 0 Å². The molecule has 0 aromatic carbocycles. The van der Waals surface area contributed by atoms with Crippen molar-refractivity contribution in [3.63, 3.8) is 0 Å². The molecule has 0 saturated carbocycles. The molecule has 0 aliphatic carbocycles. The average Bonchev–Trinajstić information content (AvgIpc) is 2.70. The number of hydrogen-bond acceptors (Lipinski definition) is 3. The van der Waals surface area contributed by atoms with E-state index in [-0.39, 0.29) is 0 Å². The van der Waals surface area contributed by atoms with E-state index in [1.165, 1.54) is 12.8 Å². The second kappa shape index (κ2) is 3.52. The van der Waals surface area contributed by atoms with Crippen molar-refractivity contribution in [3.8, 4) is 0 Å². The van der Waals surface area contributed by atoms with E-state index in [9.17, 15) is 0 Å². The summed E-state index contributed by atoms with van der Waals surface area (Å²) in [5.41, 5.74) is 5.73. The van der Waals surface area contributed by atoms with Gasteiger partial charge in [-0.15, -0.1) is 0 Å². The molecule has 1 aromatic rings. The number of nitrogen functional groups attached to an aromatic ring is 1. The molecule has 0 amide bonds. The van der Waals surface area contributed by atoms with Crippen LogP contribution in [0.2, 0.25) is 0 Å². The summed E-state index contributed by atoms with van der Waals surface area (Å²) in [5.74, 6) is 1.66. The number of nitrogens with two attached hydrogens (primary N) is 1. The first-order valence-corrected chi connectivity index (χ1v) is 5.28. The molecule has 0 spiro atoms. The first kappa shape index (κ1) is 9.37. The Kier molecular flexibility index (Phi) is 2.35. The van der Waals surface area contributed by atoms with E-state index in [2.05, 4.69) is 28.3 Å². The third kappa shape index (κ3) is 1.56. The second-order valence-corrected chi connectivity index (χ2v) is 4.16. The van der Waals surface area contributed by atoms with Gasteiger partial charge < -0.3 is 15.2 Å². The van der Waals surface area contributed by atoms with Gasteiger partial charge in [-0.1, -0.05) is 0 Å². The van der Waals surface area contributed by atoms with Crippen LogP contribution in [0.1, 0.15) is 32.7 Å². The molecule has 1 aliphatic heterocycles. The monoisotopic (exact) mass is 194 g/mol. The van der Waals surface area contributed by atoms with Gasteiger partial charge in [0.05, 0.1) is 0 Å². The second-order valence-electron chi connectivity index (χ2n) is 4.16. The summed E-state index contributed by atoms with van der Waals surface area (Å²) in [6.45, 7) is 6.54. The molecule has 0 bridgehead atoms. The summed E-state index contributed by atoms with van der Waals surface area (Å²) in [6, 6.07) is 0.426. The summed E-state index contributed by atoms with van der Waals surface area (Å²) in [7, 11) is 0. The van der Waals surface area contributed by atoms with Crippen molar-refractivity contribution in [2.75, 3.05) is 23.7 Å². The van der Waals surface area contributed by atoms with Crippen LogP contribution in [0, 0.1) is 0 Å². The molecule has 2 N–H and O–H groups in total. The Balaban J connectivity index is 2.30. The molecule has 1 fully saturated rings. The summed E-state index contributed by atoms with van der Waals surface area (Å²) in [6.07, 6.45) is 4.47. The molecular formula is C10H18N4. The molecule has 2 rings (SSSR count). The molecule has 0 radical (unpaired) electrons. The van der Waals surface area contributed by atoms with Crippen LogP contribution < -0.4 is 10.6 Å². The molecule has 4 heteroatoms. The van der Waals surface area contributed by atoms with Crippen LogP contribution in [-0.4, -0.2) is 22.6 Å². The van der Waals surface area contributed by atoms with Crippen molar-refractivity contribution in [3.05, 3.63) is 6.20 Å². The maximum atomic E-state index is 5.73. The quantitative estimate of drug-likeness (QED) is 0.778. The summed E-state index contributed by atoms with van der Waals surface area (Å²) >= 11 is 0. The van der Waals surface area contributed by atoms with Crippen molar-refractivity contribution in [1.29, 1.82) is 0 Å². The Labute approximate surface area is 84.7 Å². The lowest BCUT2D eigenvalue weighted by molar-refractivity contribution is 0.593. The topological polar surface area (TPSA) is 47.1 Å². The van der Waals surface area contributed by atoms with Gasteiger partial charge in [0.25, 0.3) is 0 Å². The summed E-state index contributed by atoms with van der Waals surface area (Å²) < 4.78 is 2.15. The van der Waals surface area contributed by atoms with Crippen LogP contribution in [0.15, 0.2) is 6.20 Å². The minimum absolute atomic E-state index is 0.426. The van der Waals surface area contributed by atoms with Crippen LogP contribution in [0.5, 0.6) is 0 Å². The van der Waals surface area contributed by atoms with Crippen molar-refractivity contribution >= 4 is 11.8 Å². The molecule has 0 atom stereocenters. The number of anilines is 2. The highest BCUT2D eigenvalue weighted by Gasteiger charge is 2.19. The molecular weight excluding hydrogens is 176 g/mol. The standard InChI is InChI=1S/C10H18N4/c1-8(2)14-7-9(11)12-10(14)13-5-3-4-6-13/h7-8H,3-6,11H2,1-2H3. The first-order valence-electron chi connectivity index (χ1n) is 5.28. The molecule has 1 aromatic heterocycles. The molecule has 1 saturated heterocycles. The SMILES string of the molecule is CC(C)n1cc(N)nc1N1CCCC1. The maximum absolute atomic E-state index is 5.73. The molecule has 1 aliphatic rings. The molecule has 2 heterocycles. The van der Waals surface area contributed by atoms with E-state index in [0.717, 1.165) is 19.0 Å². The number of imidazole rings is 1. The van der Waals surface area contributed by atoms with E-state index in [1.54, 1.807) is 0 Å². The number of hydrogen-bond donors (Lipinski definition) is 1. The van der Waals surface area contributed by atoms with Gasteiger partial charge in [-0.25, -0.2) is 0 Å². The number of nitrogens with zero attached hydrogens (tertiary/aromatic N) is 3. The lowest BCUT2D eigenvalue weighted by atomic mass is 10.4. The summed E-state index contributed by atoms with van der Waals surface area (Å²) in [4.78, 5) is 6.70. The van der Waals surface area contributed by atoms with Gasteiger partial charge >= 0.3 is 0 Å². The maximum Gasteiger partial charge on any atom is 0.207 e. The zero-order valence-electron chi connectivity index (χ0n) is 8.90. The smallest absolute Gasteiger partial charge is 0.207 e. The van der Waals surface area contributed by atoms with Gasteiger partial charge in [-0.2, -0.15) is 4.98 Å². The Morgan fingerprint density at radius 3 is 2.57 bits per heavy atom. The van der Waals surface area contributed by atoms with Gasteiger partial charge in [0.1, 0.15) is 5.82 Å². The molecule has 14 heavy (non-hydrogen) atoms. The van der Waals surface area contributed by atoms with Crippen LogP contribution in [0.3, 0.4) is 0 Å². The minimum atomic E-state index is 0.426. The first-order chi connectivity index (χ1) is 6.68.